The van der Waals surface area contributed by atoms with Gasteiger partial charge in [0.25, 0.3) is 0 Å². The van der Waals surface area contributed by atoms with Crippen LogP contribution in [0.1, 0.15) is 33.1 Å². The Labute approximate surface area is 197 Å². The van der Waals surface area contributed by atoms with Crippen LogP contribution in [0.5, 0.6) is 5.75 Å². The van der Waals surface area contributed by atoms with Crippen LogP contribution in [-0.2, 0) is 10.0 Å². The number of hydrogen-bond donors (Lipinski definition) is 0. The Balaban J connectivity index is 1.66. The van der Waals surface area contributed by atoms with E-state index in [1.54, 1.807) is 44.3 Å². The van der Waals surface area contributed by atoms with E-state index in [0.717, 1.165) is 0 Å². The van der Waals surface area contributed by atoms with E-state index in [-0.39, 0.29) is 12.2 Å². The van der Waals surface area contributed by atoms with Crippen molar-refractivity contribution >= 4 is 27.3 Å². The van der Waals surface area contributed by atoms with Gasteiger partial charge in [0.1, 0.15) is 18.0 Å². The van der Waals surface area contributed by atoms with Crippen molar-refractivity contribution in [3.8, 4) is 11.4 Å². The molecule has 8 nitrogen and oxygen atoms in total. The molecule has 2 atom stereocenters. The fraction of sp³-hybridized carbons (Fsp3) is 0.545. The third-order valence-corrected chi connectivity index (χ3v) is 8.62. The average Bonchev–Trinajstić information content (AvgIpc) is 3.19. The number of halogens is 2. The molecule has 1 aromatic carbocycles. The summed E-state index contributed by atoms with van der Waals surface area (Å²) < 4.78 is 47.6. The summed E-state index contributed by atoms with van der Waals surface area (Å²) in [6, 6.07) is 6.76. The van der Waals surface area contributed by atoms with Gasteiger partial charge in [-0.2, -0.15) is 14.1 Å². The molecule has 1 saturated heterocycles. The standard InChI is InChI=1S/C22H28ClFN4O4S/c1-15(2)33(30,31)27-10-8-26(9-11-27)20-14-25-28(18-5-3-4-16(23)12-18)22(29)21(20)32-19-7-6-17(24)13-19/h3-5,12,14-15,17,19H,6-11,13H2,1-2H3. The molecular weight excluding hydrogens is 471 g/mol. The molecule has 2 fully saturated rings. The first-order chi connectivity index (χ1) is 15.7. The Hall–Kier alpha value is -2.17. The van der Waals surface area contributed by atoms with Crippen LogP contribution < -0.4 is 15.2 Å². The van der Waals surface area contributed by atoms with Crippen molar-refractivity contribution in [1.29, 1.82) is 0 Å². The minimum atomic E-state index is -3.36. The number of nitrogens with zero attached hydrogens (tertiary/aromatic N) is 4. The van der Waals surface area contributed by atoms with Gasteiger partial charge in [-0.25, -0.2) is 12.8 Å². The summed E-state index contributed by atoms with van der Waals surface area (Å²) in [5, 5.41) is 4.30. The van der Waals surface area contributed by atoms with Crippen molar-refractivity contribution in [3.63, 3.8) is 0 Å². The van der Waals surface area contributed by atoms with Gasteiger partial charge in [0.2, 0.25) is 15.8 Å². The van der Waals surface area contributed by atoms with Crippen molar-refractivity contribution in [1.82, 2.24) is 14.1 Å². The van der Waals surface area contributed by atoms with Crippen LogP contribution >= 0.6 is 11.6 Å². The fourth-order valence-electron chi connectivity index (χ4n) is 4.20. The highest BCUT2D eigenvalue weighted by Crippen LogP contribution is 2.31. The van der Waals surface area contributed by atoms with E-state index < -0.39 is 33.1 Å². The number of sulfonamides is 1. The minimum absolute atomic E-state index is 0.101. The van der Waals surface area contributed by atoms with E-state index in [0.29, 0.717) is 55.4 Å². The summed E-state index contributed by atoms with van der Waals surface area (Å²) >= 11 is 6.09. The average molecular weight is 499 g/mol. The maximum atomic E-state index is 13.8. The van der Waals surface area contributed by atoms with Crippen LogP contribution in [0.15, 0.2) is 35.3 Å². The molecule has 0 radical (unpaired) electrons. The summed E-state index contributed by atoms with van der Waals surface area (Å²) in [6.45, 7) is 4.70. The summed E-state index contributed by atoms with van der Waals surface area (Å²) in [6.07, 6.45) is 1.37. The third kappa shape index (κ3) is 5.02. The normalized spacial score (nSPS) is 22.2. The zero-order valence-corrected chi connectivity index (χ0v) is 20.2. The largest absolute Gasteiger partial charge is 0.483 e. The monoisotopic (exact) mass is 498 g/mol. The lowest BCUT2D eigenvalue weighted by Crippen LogP contribution is -2.50. The molecule has 11 heteroatoms. The second kappa shape index (κ2) is 9.60. The van der Waals surface area contributed by atoms with E-state index in [2.05, 4.69) is 5.10 Å². The zero-order chi connectivity index (χ0) is 23.8. The van der Waals surface area contributed by atoms with Gasteiger partial charge in [-0.1, -0.05) is 17.7 Å². The molecule has 1 aliphatic heterocycles. The Morgan fingerprint density at radius 2 is 1.91 bits per heavy atom. The first kappa shape index (κ1) is 24.0. The lowest BCUT2D eigenvalue weighted by molar-refractivity contribution is 0.193. The Morgan fingerprint density at radius 1 is 1.18 bits per heavy atom. The molecule has 1 aromatic heterocycles. The number of rotatable bonds is 6. The van der Waals surface area contributed by atoms with E-state index in [4.69, 9.17) is 16.3 Å². The fourth-order valence-corrected chi connectivity index (χ4v) is 5.65. The van der Waals surface area contributed by atoms with Gasteiger partial charge in [-0.3, -0.25) is 4.79 Å². The molecule has 4 rings (SSSR count). The molecule has 1 aliphatic carbocycles. The lowest BCUT2D eigenvalue weighted by Gasteiger charge is -2.36. The van der Waals surface area contributed by atoms with Crippen molar-refractivity contribution < 1.29 is 17.5 Å². The molecule has 2 aliphatic rings. The van der Waals surface area contributed by atoms with Gasteiger partial charge in [0.05, 0.1) is 17.1 Å². The molecule has 1 saturated carbocycles. The quantitative estimate of drug-likeness (QED) is 0.608. The number of hydrogen-bond acceptors (Lipinski definition) is 6. The third-order valence-electron chi connectivity index (χ3n) is 6.11. The second-order valence-electron chi connectivity index (χ2n) is 8.69. The Kier molecular flexibility index (Phi) is 6.97. The van der Waals surface area contributed by atoms with Crippen LogP contribution in [0.25, 0.3) is 5.69 Å². The molecule has 33 heavy (non-hydrogen) atoms. The van der Waals surface area contributed by atoms with Gasteiger partial charge >= 0.3 is 5.56 Å². The highest BCUT2D eigenvalue weighted by atomic mass is 35.5. The van der Waals surface area contributed by atoms with Crippen LogP contribution in [0.2, 0.25) is 5.02 Å². The Bertz CT molecular complexity index is 1170. The first-order valence-corrected chi connectivity index (χ1v) is 13.0. The topological polar surface area (TPSA) is 84.7 Å². The summed E-state index contributed by atoms with van der Waals surface area (Å²) in [5.74, 6) is 0.101. The molecular formula is C22H28ClFN4O4S. The smallest absolute Gasteiger partial charge is 0.316 e. The summed E-state index contributed by atoms with van der Waals surface area (Å²) in [7, 11) is -3.36. The molecule has 0 N–H and O–H groups in total. The van der Waals surface area contributed by atoms with Crippen molar-refractivity contribution in [2.24, 2.45) is 0 Å². The van der Waals surface area contributed by atoms with Gasteiger partial charge in [-0.15, -0.1) is 0 Å². The summed E-state index contributed by atoms with van der Waals surface area (Å²) in [5.41, 5.74) is 0.517. The highest BCUT2D eigenvalue weighted by molar-refractivity contribution is 7.89. The van der Waals surface area contributed by atoms with Crippen LogP contribution in [0.4, 0.5) is 10.1 Å². The predicted molar refractivity (Wildman–Crippen MR) is 126 cm³/mol. The molecule has 2 unspecified atom stereocenters. The number of piperazine rings is 1. The molecule has 2 aromatic rings. The highest BCUT2D eigenvalue weighted by Gasteiger charge is 2.33. The summed E-state index contributed by atoms with van der Waals surface area (Å²) in [4.78, 5) is 15.3. The SMILES string of the molecule is CC(C)S(=O)(=O)N1CCN(c2cnn(-c3cccc(Cl)c3)c(=O)c2OC2CCC(F)C2)CC1. The molecule has 2 heterocycles. The van der Waals surface area contributed by atoms with Crippen LogP contribution in [0.3, 0.4) is 0 Å². The van der Waals surface area contributed by atoms with Gasteiger partial charge < -0.3 is 9.64 Å². The van der Waals surface area contributed by atoms with Crippen LogP contribution in [-0.4, -0.2) is 66.2 Å². The minimum Gasteiger partial charge on any atom is -0.483 e. The van der Waals surface area contributed by atoms with Crippen molar-refractivity contribution in [2.45, 2.75) is 50.6 Å². The van der Waals surface area contributed by atoms with Gasteiger partial charge in [-0.05, 0) is 44.9 Å². The van der Waals surface area contributed by atoms with E-state index in [1.165, 1.54) is 8.99 Å². The molecule has 0 bridgehead atoms. The first-order valence-electron chi connectivity index (χ1n) is 11.1. The van der Waals surface area contributed by atoms with Crippen LogP contribution in [0, 0.1) is 0 Å². The van der Waals surface area contributed by atoms with E-state index in [1.807, 2.05) is 4.90 Å². The predicted octanol–water partition coefficient (Wildman–Crippen LogP) is 3.02. The molecule has 0 amide bonds. The van der Waals surface area contributed by atoms with Gasteiger partial charge in [0, 0.05) is 37.6 Å². The van der Waals surface area contributed by atoms with E-state index >= 15 is 0 Å². The number of ether oxygens (including phenoxy) is 1. The molecule has 0 spiro atoms. The second-order valence-corrected chi connectivity index (χ2v) is 11.6. The van der Waals surface area contributed by atoms with Crippen molar-refractivity contribution in [3.05, 3.63) is 45.8 Å². The number of anilines is 1. The maximum absolute atomic E-state index is 13.8. The van der Waals surface area contributed by atoms with E-state index in [9.17, 15) is 17.6 Å². The lowest BCUT2D eigenvalue weighted by atomic mass is 10.2. The number of alkyl halides is 1. The number of aromatic nitrogens is 2. The van der Waals surface area contributed by atoms with Crippen molar-refractivity contribution in [2.75, 3.05) is 31.1 Å². The maximum Gasteiger partial charge on any atom is 0.316 e. The zero-order valence-electron chi connectivity index (χ0n) is 18.7. The van der Waals surface area contributed by atoms with Gasteiger partial charge in [0.15, 0.2) is 0 Å². The molecule has 180 valence electrons. The Morgan fingerprint density at radius 3 is 2.52 bits per heavy atom. The number of benzene rings is 1.